The van der Waals surface area contributed by atoms with Crippen LogP contribution in [-0.4, -0.2) is 23.1 Å². The number of benzene rings is 1. The van der Waals surface area contributed by atoms with Crippen LogP contribution in [0.2, 0.25) is 0 Å². The van der Waals surface area contributed by atoms with E-state index < -0.39 is 0 Å². The summed E-state index contributed by atoms with van der Waals surface area (Å²) in [4.78, 5) is 2.42. The molecular weight excluding hydrogens is 186 g/mol. The van der Waals surface area contributed by atoms with Crippen molar-refractivity contribution in [1.29, 1.82) is 0 Å². The van der Waals surface area contributed by atoms with Gasteiger partial charge in [0.05, 0.1) is 0 Å². The molecule has 1 aromatic carbocycles. The summed E-state index contributed by atoms with van der Waals surface area (Å²) < 4.78 is 0. The van der Waals surface area contributed by atoms with E-state index in [9.17, 15) is 5.11 Å². The molecule has 1 N–H and O–H groups in total. The molecule has 15 heavy (non-hydrogen) atoms. The number of nitrogens with zero attached hydrogens (tertiary/aromatic N) is 1. The van der Waals surface area contributed by atoms with Crippen molar-refractivity contribution in [2.75, 3.05) is 13.1 Å². The fraction of sp³-hybridized carbons (Fsp3) is 0.538. The van der Waals surface area contributed by atoms with Gasteiger partial charge in [0.1, 0.15) is 5.75 Å². The Kier molecular flexibility index (Phi) is 2.96. The molecule has 1 atom stereocenters. The number of rotatable bonds is 2. The number of hydrogen-bond acceptors (Lipinski definition) is 2. The molecule has 1 aliphatic rings. The van der Waals surface area contributed by atoms with Gasteiger partial charge in [-0.3, -0.25) is 4.90 Å². The summed E-state index contributed by atoms with van der Waals surface area (Å²) in [5.74, 6) is 1.23. The largest absolute Gasteiger partial charge is 0.508 e. The molecule has 82 valence electrons. The summed E-state index contributed by atoms with van der Waals surface area (Å²) >= 11 is 0. The lowest BCUT2D eigenvalue weighted by Crippen LogP contribution is -2.19. The molecule has 1 aromatic rings. The Hall–Kier alpha value is -1.02. The summed E-state index contributed by atoms with van der Waals surface area (Å²) in [6.45, 7) is 7.56. The van der Waals surface area contributed by atoms with E-state index in [1.807, 2.05) is 6.07 Å². The highest BCUT2D eigenvalue weighted by molar-refractivity contribution is 5.35. The fourth-order valence-corrected chi connectivity index (χ4v) is 2.25. The van der Waals surface area contributed by atoms with Crippen LogP contribution in [0.1, 0.15) is 24.5 Å². The molecule has 1 aliphatic heterocycles. The minimum Gasteiger partial charge on any atom is -0.508 e. The number of aryl methyl sites for hydroxylation is 1. The second kappa shape index (κ2) is 4.23. The van der Waals surface area contributed by atoms with Crippen LogP contribution in [0.5, 0.6) is 5.75 Å². The molecule has 1 fully saturated rings. The Balaban J connectivity index is 2.07. The van der Waals surface area contributed by atoms with Gasteiger partial charge in [0, 0.05) is 18.7 Å². The predicted octanol–water partition coefficient (Wildman–Crippen LogP) is 2.54. The minimum absolute atomic E-state index is 0.431. The van der Waals surface area contributed by atoms with E-state index in [0.717, 1.165) is 31.1 Å². The van der Waals surface area contributed by atoms with Gasteiger partial charge in [-0.05, 0) is 31.9 Å². The first kappa shape index (κ1) is 10.5. The van der Waals surface area contributed by atoms with Crippen molar-refractivity contribution in [2.45, 2.75) is 26.8 Å². The normalized spacial score (nSPS) is 22.1. The van der Waals surface area contributed by atoms with Gasteiger partial charge >= 0.3 is 0 Å². The van der Waals surface area contributed by atoms with Crippen molar-refractivity contribution in [3.63, 3.8) is 0 Å². The lowest BCUT2D eigenvalue weighted by molar-refractivity contribution is 0.314. The summed E-state index contributed by atoms with van der Waals surface area (Å²) in [7, 11) is 0. The Bertz CT molecular complexity index is 348. The zero-order chi connectivity index (χ0) is 10.8. The third kappa shape index (κ3) is 2.51. The quantitative estimate of drug-likeness (QED) is 0.802. The molecule has 2 rings (SSSR count). The first-order valence-corrected chi connectivity index (χ1v) is 5.66. The lowest BCUT2D eigenvalue weighted by Gasteiger charge is -2.16. The predicted molar refractivity (Wildman–Crippen MR) is 61.9 cm³/mol. The Morgan fingerprint density at radius 2 is 2.27 bits per heavy atom. The Morgan fingerprint density at radius 1 is 1.47 bits per heavy atom. The molecule has 1 heterocycles. The highest BCUT2D eigenvalue weighted by atomic mass is 16.3. The summed E-state index contributed by atoms with van der Waals surface area (Å²) in [6.07, 6.45) is 1.28. The van der Waals surface area contributed by atoms with Gasteiger partial charge in [0.2, 0.25) is 0 Å². The van der Waals surface area contributed by atoms with Crippen LogP contribution in [-0.2, 0) is 6.54 Å². The van der Waals surface area contributed by atoms with Crippen molar-refractivity contribution in [3.8, 4) is 5.75 Å². The van der Waals surface area contributed by atoms with Gasteiger partial charge in [-0.2, -0.15) is 0 Å². The van der Waals surface area contributed by atoms with Crippen LogP contribution in [0.25, 0.3) is 0 Å². The molecule has 2 heteroatoms. The Labute approximate surface area is 91.5 Å². The SMILES string of the molecule is Cc1ccc(O)c(CN2CCC(C)C2)c1. The Morgan fingerprint density at radius 3 is 2.93 bits per heavy atom. The second-order valence-electron chi connectivity index (χ2n) is 4.76. The topological polar surface area (TPSA) is 23.5 Å². The monoisotopic (exact) mass is 205 g/mol. The standard InChI is InChI=1S/C13H19NO/c1-10-3-4-13(15)12(7-10)9-14-6-5-11(2)8-14/h3-4,7,11,15H,5-6,8-9H2,1-2H3. The van der Waals surface area contributed by atoms with Gasteiger partial charge in [-0.25, -0.2) is 0 Å². The average molecular weight is 205 g/mol. The van der Waals surface area contributed by atoms with E-state index in [4.69, 9.17) is 0 Å². The molecule has 2 nitrogen and oxygen atoms in total. The van der Waals surface area contributed by atoms with Crippen LogP contribution in [0.15, 0.2) is 18.2 Å². The van der Waals surface area contributed by atoms with Crippen molar-refractivity contribution >= 4 is 0 Å². The third-order valence-corrected chi connectivity index (χ3v) is 3.14. The van der Waals surface area contributed by atoms with Crippen molar-refractivity contribution in [2.24, 2.45) is 5.92 Å². The first-order valence-electron chi connectivity index (χ1n) is 5.66. The summed E-state index contributed by atoms with van der Waals surface area (Å²) in [6, 6.07) is 5.83. The summed E-state index contributed by atoms with van der Waals surface area (Å²) in [5.41, 5.74) is 2.28. The van der Waals surface area contributed by atoms with E-state index in [1.165, 1.54) is 12.0 Å². The minimum atomic E-state index is 0.431. The van der Waals surface area contributed by atoms with E-state index in [0.29, 0.717) is 5.75 Å². The fourth-order valence-electron chi connectivity index (χ4n) is 2.25. The van der Waals surface area contributed by atoms with Crippen LogP contribution >= 0.6 is 0 Å². The van der Waals surface area contributed by atoms with Crippen molar-refractivity contribution in [1.82, 2.24) is 4.90 Å². The zero-order valence-electron chi connectivity index (χ0n) is 9.53. The highest BCUT2D eigenvalue weighted by Gasteiger charge is 2.19. The maximum atomic E-state index is 9.73. The molecule has 1 unspecified atom stereocenters. The molecule has 0 spiro atoms. The third-order valence-electron chi connectivity index (χ3n) is 3.14. The van der Waals surface area contributed by atoms with Gasteiger partial charge in [-0.1, -0.05) is 24.6 Å². The van der Waals surface area contributed by atoms with Crippen LogP contribution in [0.4, 0.5) is 0 Å². The molecule has 0 aliphatic carbocycles. The van der Waals surface area contributed by atoms with E-state index >= 15 is 0 Å². The zero-order valence-corrected chi connectivity index (χ0v) is 9.53. The van der Waals surface area contributed by atoms with Crippen LogP contribution in [0, 0.1) is 12.8 Å². The van der Waals surface area contributed by atoms with Crippen LogP contribution < -0.4 is 0 Å². The van der Waals surface area contributed by atoms with E-state index in [1.54, 1.807) is 6.07 Å². The molecule has 0 saturated carbocycles. The molecular formula is C13H19NO. The molecule has 0 aromatic heterocycles. The lowest BCUT2D eigenvalue weighted by atomic mass is 10.1. The first-order chi connectivity index (χ1) is 7.15. The van der Waals surface area contributed by atoms with E-state index in [-0.39, 0.29) is 0 Å². The van der Waals surface area contributed by atoms with E-state index in [2.05, 4.69) is 24.8 Å². The van der Waals surface area contributed by atoms with Crippen molar-refractivity contribution < 1.29 is 5.11 Å². The molecule has 1 saturated heterocycles. The smallest absolute Gasteiger partial charge is 0.120 e. The average Bonchev–Trinajstić information content (AvgIpc) is 2.58. The van der Waals surface area contributed by atoms with Gasteiger partial charge in [-0.15, -0.1) is 0 Å². The number of aromatic hydroxyl groups is 1. The second-order valence-corrected chi connectivity index (χ2v) is 4.76. The van der Waals surface area contributed by atoms with Gasteiger partial charge in [0.15, 0.2) is 0 Å². The number of phenols is 1. The van der Waals surface area contributed by atoms with Gasteiger partial charge in [0.25, 0.3) is 0 Å². The van der Waals surface area contributed by atoms with Crippen molar-refractivity contribution in [3.05, 3.63) is 29.3 Å². The maximum Gasteiger partial charge on any atom is 0.120 e. The van der Waals surface area contributed by atoms with Gasteiger partial charge < -0.3 is 5.11 Å². The van der Waals surface area contributed by atoms with Crippen LogP contribution in [0.3, 0.4) is 0 Å². The molecule has 0 bridgehead atoms. The number of hydrogen-bond donors (Lipinski definition) is 1. The number of likely N-dealkylation sites (tertiary alicyclic amines) is 1. The summed E-state index contributed by atoms with van der Waals surface area (Å²) in [5, 5.41) is 9.73. The number of phenolic OH excluding ortho intramolecular Hbond substituents is 1. The highest BCUT2D eigenvalue weighted by Crippen LogP contribution is 2.23. The molecule has 0 amide bonds. The maximum absolute atomic E-state index is 9.73. The molecule has 0 radical (unpaired) electrons.